The predicted molar refractivity (Wildman–Crippen MR) is 120 cm³/mol. The Bertz CT molecular complexity index is 1240. The highest BCUT2D eigenvalue weighted by Crippen LogP contribution is 2.24. The second kappa shape index (κ2) is 8.73. The van der Waals surface area contributed by atoms with Crippen molar-refractivity contribution in [2.75, 3.05) is 11.1 Å². The van der Waals surface area contributed by atoms with Crippen LogP contribution in [0.2, 0.25) is 5.02 Å². The number of carbonyl (C=O) groups excluding carboxylic acids is 2. The van der Waals surface area contributed by atoms with E-state index in [0.29, 0.717) is 21.8 Å². The highest BCUT2D eigenvalue weighted by molar-refractivity contribution is 7.99. The molecule has 1 aromatic heterocycles. The third kappa shape index (κ3) is 4.25. The second-order valence-electron chi connectivity index (χ2n) is 6.73. The van der Waals surface area contributed by atoms with Crippen LogP contribution in [0.25, 0.3) is 11.0 Å². The molecule has 4 aromatic rings. The number of fused-ring (bicyclic) bond motifs is 1. The summed E-state index contributed by atoms with van der Waals surface area (Å²) in [6.07, 6.45) is 0. The van der Waals surface area contributed by atoms with Crippen molar-refractivity contribution in [1.82, 2.24) is 4.98 Å². The summed E-state index contributed by atoms with van der Waals surface area (Å²) in [6.45, 7) is 0. The lowest BCUT2D eigenvalue weighted by Crippen LogP contribution is -2.29. The van der Waals surface area contributed by atoms with Crippen LogP contribution < -0.4 is 9.88 Å². The van der Waals surface area contributed by atoms with Gasteiger partial charge in [-0.15, -0.1) is 0 Å². The van der Waals surface area contributed by atoms with E-state index in [1.54, 1.807) is 42.5 Å². The average molecular weight is 437 g/mol. The highest BCUT2D eigenvalue weighted by Gasteiger charge is 2.19. The largest absolute Gasteiger partial charge is 0.325 e. The van der Waals surface area contributed by atoms with Crippen LogP contribution in [0.5, 0.6) is 0 Å². The van der Waals surface area contributed by atoms with Gasteiger partial charge in [0.05, 0.1) is 18.5 Å². The number of aryl methyl sites for hydroxylation is 1. The molecule has 0 spiro atoms. The number of rotatable bonds is 6. The molecule has 2 N–H and O–H groups in total. The molecule has 0 aliphatic rings. The zero-order valence-corrected chi connectivity index (χ0v) is 17.8. The molecule has 0 aliphatic carbocycles. The van der Waals surface area contributed by atoms with Crippen LogP contribution in [-0.4, -0.2) is 22.4 Å². The van der Waals surface area contributed by atoms with E-state index in [-0.39, 0.29) is 17.4 Å². The van der Waals surface area contributed by atoms with E-state index in [0.717, 1.165) is 16.2 Å². The van der Waals surface area contributed by atoms with Crippen molar-refractivity contribution < 1.29 is 14.2 Å². The third-order valence-electron chi connectivity index (χ3n) is 4.69. The number of imidazole rings is 1. The van der Waals surface area contributed by atoms with E-state index in [1.807, 2.05) is 41.9 Å². The fourth-order valence-electron chi connectivity index (χ4n) is 3.19. The number of hydrogen-bond acceptors (Lipinski definition) is 3. The number of H-pyrrole nitrogens is 1. The van der Waals surface area contributed by atoms with Gasteiger partial charge in [-0.2, -0.15) is 0 Å². The van der Waals surface area contributed by atoms with Crippen LogP contribution in [0.3, 0.4) is 0 Å². The van der Waals surface area contributed by atoms with Crippen molar-refractivity contribution in [2.45, 2.75) is 5.16 Å². The summed E-state index contributed by atoms with van der Waals surface area (Å²) in [4.78, 5) is 28.8. The van der Waals surface area contributed by atoms with Gasteiger partial charge >= 0.3 is 5.16 Å². The van der Waals surface area contributed by atoms with Gasteiger partial charge in [-0.3, -0.25) is 9.59 Å². The number of benzene rings is 3. The fourth-order valence-corrected chi connectivity index (χ4v) is 4.18. The molecule has 0 aliphatic heterocycles. The zero-order chi connectivity index (χ0) is 21.1. The molecular formula is C23H19ClN3O2S+. The van der Waals surface area contributed by atoms with Gasteiger partial charge < -0.3 is 5.32 Å². The monoisotopic (exact) mass is 436 g/mol. The van der Waals surface area contributed by atoms with Crippen LogP contribution in [0.1, 0.15) is 15.9 Å². The Morgan fingerprint density at radius 2 is 1.77 bits per heavy atom. The van der Waals surface area contributed by atoms with E-state index in [4.69, 9.17) is 11.6 Å². The number of nitrogens with zero attached hydrogens (tertiary/aromatic N) is 1. The first-order valence-corrected chi connectivity index (χ1v) is 10.7. The van der Waals surface area contributed by atoms with Gasteiger partial charge in [0.1, 0.15) is 0 Å². The molecule has 4 rings (SSSR count). The van der Waals surface area contributed by atoms with Crippen molar-refractivity contribution >= 4 is 51.8 Å². The summed E-state index contributed by atoms with van der Waals surface area (Å²) in [5.74, 6) is -0.200. The Kier molecular flexibility index (Phi) is 5.88. The maximum Gasteiger partial charge on any atom is 0.317 e. The standard InChI is InChI=1S/C23H18ClN3O2S/c1-27-20-10-6-5-9-19(20)26-23(27)30-14-21(28)25-18-12-11-16(24)13-17(18)22(29)15-7-3-2-4-8-15/h2-13H,14H2,1H3,(H,25,28,29)/p+1. The first-order valence-electron chi connectivity index (χ1n) is 9.31. The number of thioether (sulfide) groups is 1. The van der Waals surface area contributed by atoms with Crippen molar-refractivity contribution in [1.29, 1.82) is 0 Å². The number of halogens is 1. The van der Waals surface area contributed by atoms with E-state index >= 15 is 0 Å². The molecule has 0 saturated heterocycles. The van der Waals surface area contributed by atoms with E-state index in [2.05, 4.69) is 10.3 Å². The fraction of sp³-hybridized carbons (Fsp3) is 0.0870. The zero-order valence-electron chi connectivity index (χ0n) is 16.2. The predicted octanol–water partition coefficient (Wildman–Crippen LogP) is 4.61. The summed E-state index contributed by atoms with van der Waals surface area (Å²) < 4.78 is 2.01. The van der Waals surface area contributed by atoms with Crippen LogP contribution in [0, 0.1) is 0 Å². The summed E-state index contributed by atoms with van der Waals surface area (Å²) >= 11 is 7.50. The smallest absolute Gasteiger partial charge is 0.317 e. The number of carbonyl (C=O) groups is 2. The molecule has 0 saturated carbocycles. The highest BCUT2D eigenvalue weighted by atomic mass is 35.5. The van der Waals surface area contributed by atoms with Gasteiger partial charge in [-0.05, 0) is 42.1 Å². The van der Waals surface area contributed by atoms with Gasteiger partial charge in [0.15, 0.2) is 16.8 Å². The Hall–Kier alpha value is -3.09. The van der Waals surface area contributed by atoms with Gasteiger partial charge in [-0.25, -0.2) is 9.55 Å². The number of aromatic nitrogens is 2. The maximum atomic E-state index is 12.9. The Morgan fingerprint density at radius 3 is 2.53 bits per heavy atom. The molecule has 1 heterocycles. The minimum Gasteiger partial charge on any atom is -0.325 e. The van der Waals surface area contributed by atoms with Gasteiger partial charge in [0.25, 0.3) is 0 Å². The lowest BCUT2D eigenvalue weighted by molar-refractivity contribution is -0.683. The molecular weight excluding hydrogens is 418 g/mol. The van der Waals surface area contributed by atoms with Crippen molar-refractivity contribution in [3.63, 3.8) is 0 Å². The number of aromatic amines is 1. The number of nitrogens with one attached hydrogen (secondary N) is 2. The minimum atomic E-state index is -0.205. The van der Waals surface area contributed by atoms with E-state index in [9.17, 15) is 9.59 Å². The van der Waals surface area contributed by atoms with E-state index < -0.39 is 0 Å². The van der Waals surface area contributed by atoms with Crippen LogP contribution in [0.15, 0.2) is 78.0 Å². The SMILES string of the molecule is C[n+]1c(SCC(=O)Nc2ccc(Cl)cc2C(=O)c2ccccc2)[nH]c2ccccc21. The molecule has 30 heavy (non-hydrogen) atoms. The summed E-state index contributed by atoms with van der Waals surface area (Å²) in [5, 5.41) is 4.16. The van der Waals surface area contributed by atoms with Crippen molar-refractivity contribution in [2.24, 2.45) is 7.05 Å². The number of para-hydroxylation sites is 2. The molecule has 0 unspecified atom stereocenters. The van der Waals surface area contributed by atoms with Gasteiger partial charge in [0.2, 0.25) is 5.91 Å². The Labute approximate surface area is 183 Å². The molecule has 5 nitrogen and oxygen atoms in total. The first-order chi connectivity index (χ1) is 14.5. The summed E-state index contributed by atoms with van der Waals surface area (Å²) in [7, 11) is 1.95. The normalized spacial score (nSPS) is 10.9. The van der Waals surface area contributed by atoms with Crippen molar-refractivity contribution in [3.05, 3.63) is 88.9 Å². The number of anilines is 1. The Morgan fingerprint density at radius 1 is 1.03 bits per heavy atom. The third-order valence-corrected chi connectivity index (χ3v) is 5.98. The van der Waals surface area contributed by atoms with Gasteiger partial charge in [-0.1, -0.05) is 54.1 Å². The number of ketones is 1. The maximum absolute atomic E-state index is 12.9. The van der Waals surface area contributed by atoms with Crippen LogP contribution in [0.4, 0.5) is 5.69 Å². The topological polar surface area (TPSA) is 65.8 Å². The molecule has 3 aromatic carbocycles. The average Bonchev–Trinajstić information content (AvgIpc) is 3.09. The quantitative estimate of drug-likeness (QED) is 0.263. The van der Waals surface area contributed by atoms with E-state index in [1.165, 1.54) is 11.8 Å². The Balaban J connectivity index is 1.50. The molecule has 0 fully saturated rings. The number of hydrogen-bond donors (Lipinski definition) is 2. The molecule has 1 amide bonds. The minimum absolute atomic E-state index is 0.192. The summed E-state index contributed by atoms with van der Waals surface area (Å²) in [6, 6.07) is 21.8. The molecule has 0 radical (unpaired) electrons. The summed E-state index contributed by atoms with van der Waals surface area (Å²) in [5.41, 5.74) is 3.42. The molecule has 0 bridgehead atoms. The first kappa shape index (κ1) is 20.2. The molecule has 150 valence electrons. The van der Waals surface area contributed by atoms with Crippen molar-refractivity contribution in [3.8, 4) is 0 Å². The van der Waals surface area contributed by atoms with Gasteiger partial charge in [0, 0.05) is 16.1 Å². The molecule has 7 heteroatoms. The lowest BCUT2D eigenvalue weighted by atomic mass is 10.0. The second-order valence-corrected chi connectivity index (χ2v) is 8.13. The molecule has 0 atom stereocenters. The number of amides is 1. The van der Waals surface area contributed by atoms with Crippen LogP contribution in [-0.2, 0) is 11.8 Å². The lowest BCUT2D eigenvalue weighted by Gasteiger charge is -2.11. The van der Waals surface area contributed by atoms with Crippen LogP contribution >= 0.6 is 23.4 Å².